The molecule has 0 aromatic rings. The van der Waals surface area contributed by atoms with Crippen LogP contribution >= 0.6 is 0 Å². The van der Waals surface area contributed by atoms with Crippen LogP contribution < -0.4 is 0 Å². The predicted molar refractivity (Wildman–Crippen MR) is 59.3 cm³/mol. The molecular weight excluding hydrogens is 176 g/mol. The molecule has 0 aliphatic carbocycles. The Labute approximate surface area is 87.7 Å². The Morgan fingerprint density at radius 3 is 2.14 bits per heavy atom. The highest BCUT2D eigenvalue weighted by molar-refractivity contribution is 5.66. The normalized spacial score (nSPS) is 13.1. The highest BCUT2D eigenvalue weighted by atomic mass is 16.4. The quantitative estimate of drug-likeness (QED) is 0.606. The maximum absolute atomic E-state index is 10.3. The fourth-order valence-electron chi connectivity index (χ4n) is 1.56. The first kappa shape index (κ1) is 13.5. The number of carbonyl (C=O) groups is 1. The summed E-state index contributed by atoms with van der Waals surface area (Å²) in [7, 11) is 0. The van der Waals surface area contributed by atoms with E-state index in [2.05, 4.69) is 20.8 Å². The molecule has 0 aliphatic rings. The monoisotopic (exact) mass is 200 g/mol. The van der Waals surface area contributed by atoms with Crippen LogP contribution in [0, 0.1) is 11.8 Å². The molecule has 0 heterocycles. The van der Waals surface area contributed by atoms with Crippen LogP contribution in [0.2, 0.25) is 0 Å². The molecule has 1 unspecified atom stereocenters. The van der Waals surface area contributed by atoms with Gasteiger partial charge in [0.1, 0.15) is 0 Å². The molecule has 14 heavy (non-hydrogen) atoms. The Morgan fingerprint density at radius 1 is 1.07 bits per heavy atom. The number of carboxylic acids is 1. The maximum Gasteiger partial charge on any atom is 0.303 e. The lowest BCUT2D eigenvalue weighted by atomic mass is 9.96. The molecule has 0 fully saturated rings. The third-order valence-corrected chi connectivity index (χ3v) is 2.58. The first-order valence-electron chi connectivity index (χ1n) is 5.74. The zero-order chi connectivity index (χ0) is 11.0. The van der Waals surface area contributed by atoms with Crippen LogP contribution in [-0.2, 0) is 4.79 Å². The van der Waals surface area contributed by atoms with Crippen molar-refractivity contribution in [1.29, 1.82) is 0 Å². The average molecular weight is 200 g/mol. The topological polar surface area (TPSA) is 37.3 Å². The summed E-state index contributed by atoms with van der Waals surface area (Å²) >= 11 is 0. The third kappa shape index (κ3) is 9.56. The lowest BCUT2D eigenvalue weighted by molar-refractivity contribution is -0.137. The first-order valence-corrected chi connectivity index (χ1v) is 5.74. The van der Waals surface area contributed by atoms with Crippen LogP contribution in [0.15, 0.2) is 0 Å². The predicted octanol–water partition coefficient (Wildman–Crippen LogP) is 3.70. The second-order valence-electron chi connectivity index (χ2n) is 4.72. The molecule has 0 amide bonds. The van der Waals surface area contributed by atoms with Gasteiger partial charge in [-0.2, -0.15) is 0 Å². The van der Waals surface area contributed by atoms with Crippen LogP contribution in [0.1, 0.15) is 59.3 Å². The number of aliphatic carboxylic acids is 1. The molecule has 0 rings (SSSR count). The van der Waals surface area contributed by atoms with E-state index in [1.165, 1.54) is 25.7 Å². The lowest BCUT2D eigenvalue weighted by Gasteiger charge is -2.10. The second kappa shape index (κ2) is 7.84. The molecule has 0 aromatic carbocycles. The summed E-state index contributed by atoms with van der Waals surface area (Å²) in [6.45, 7) is 6.64. The van der Waals surface area contributed by atoms with Crippen molar-refractivity contribution in [2.45, 2.75) is 59.3 Å². The van der Waals surface area contributed by atoms with Crippen molar-refractivity contribution in [3.05, 3.63) is 0 Å². The van der Waals surface area contributed by atoms with Gasteiger partial charge >= 0.3 is 5.97 Å². The zero-order valence-electron chi connectivity index (χ0n) is 9.75. The van der Waals surface area contributed by atoms with Gasteiger partial charge in [0.2, 0.25) is 0 Å². The molecule has 0 bridgehead atoms. The Balaban J connectivity index is 3.26. The van der Waals surface area contributed by atoms with Gasteiger partial charge in [-0.25, -0.2) is 0 Å². The van der Waals surface area contributed by atoms with Gasteiger partial charge in [0.05, 0.1) is 0 Å². The minimum atomic E-state index is -0.668. The van der Waals surface area contributed by atoms with Crippen molar-refractivity contribution >= 4 is 5.97 Å². The molecule has 0 saturated heterocycles. The minimum Gasteiger partial charge on any atom is -0.481 e. The van der Waals surface area contributed by atoms with Crippen molar-refractivity contribution in [2.75, 3.05) is 0 Å². The number of rotatable bonds is 8. The standard InChI is InChI=1S/C12H24O2/c1-10(2)6-4-5-7-11(3)8-9-12(13)14/h10-11H,4-9H2,1-3H3,(H,13,14). The summed E-state index contributed by atoms with van der Waals surface area (Å²) in [5.74, 6) is 0.696. The minimum absolute atomic E-state index is 0.325. The molecule has 0 aliphatic heterocycles. The molecule has 0 spiro atoms. The summed E-state index contributed by atoms with van der Waals surface area (Å²) in [5, 5.41) is 8.51. The van der Waals surface area contributed by atoms with E-state index in [0.717, 1.165) is 12.3 Å². The first-order chi connectivity index (χ1) is 6.52. The van der Waals surface area contributed by atoms with Gasteiger partial charge in [-0.1, -0.05) is 46.5 Å². The van der Waals surface area contributed by atoms with Gasteiger partial charge in [-0.15, -0.1) is 0 Å². The van der Waals surface area contributed by atoms with Crippen LogP contribution in [0.4, 0.5) is 0 Å². The average Bonchev–Trinajstić information content (AvgIpc) is 2.08. The molecule has 2 heteroatoms. The SMILES string of the molecule is CC(C)CCCCC(C)CCC(=O)O. The summed E-state index contributed by atoms with van der Waals surface area (Å²) in [4.78, 5) is 10.3. The maximum atomic E-state index is 10.3. The molecule has 84 valence electrons. The van der Waals surface area contributed by atoms with E-state index in [1.54, 1.807) is 0 Å². The van der Waals surface area contributed by atoms with Crippen molar-refractivity contribution in [3.8, 4) is 0 Å². The highest BCUT2D eigenvalue weighted by Crippen LogP contribution is 2.16. The van der Waals surface area contributed by atoms with Crippen molar-refractivity contribution in [2.24, 2.45) is 11.8 Å². The highest BCUT2D eigenvalue weighted by Gasteiger charge is 2.05. The number of hydrogen-bond donors (Lipinski definition) is 1. The summed E-state index contributed by atoms with van der Waals surface area (Å²) in [6, 6.07) is 0. The van der Waals surface area contributed by atoms with Crippen LogP contribution in [-0.4, -0.2) is 11.1 Å². The van der Waals surface area contributed by atoms with E-state index < -0.39 is 5.97 Å². The summed E-state index contributed by atoms with van der Waals surface area (Å²) in [6.07, 6.45) is 6.17. The number of unbranched alkanes of at least 4 members (excludes halogenated alkanes) is 1. The van der Waals surface area contributed by atoms with Gasteiger partial charge in [0, 0.05) is 6.42 Å². The Kier molecular flexibility index (Phi) is 7.54. The van der Waals surface area contributed by atoms with E-state index in [4.69, 9.17) is 5.11 Å². The molecule has 1 N–H and O–H groups in total. The molecule has 0 aromatic heterocycles. The number of carboxylic acid groups (broad SMARTS) is 1. The lowest BCUT2D eigenvalue weighted by Crippen LogP contribution is -2.01. The summed E-state index contributed by atoms with van der Waals surface area (Å²) in [5.41, 5.74) is 0. The largest absolute Gasteiger partial charge is 0.481 e. The molecule has 0 saturated carbocycles. The smallest absolute Gasteiger partial charge is 0.303 e. The van der Waals surface area contributed by atoms with Gasteiger partial charge < -0.3 is 5.11 Å². The summed E-state index contributed by atoms with van der Waals surface area (Å²) < 4.78 is 0. The van der Waals surface area contributed by atoms with Crippen molar-refractivity contribution in [1.82, 2.24) is 0 Å². The van der Waals surface area contributed by atoms with E-state index >= 15 is 0 Å². The zero-order valence-corrected chi connectivity index (χ0v) is 9.75. The van der Waals surface area contributed by atoms with Crippen LogP contribution in [0.3, 0.4) is 0 Å². The molecule has 2 nitrogen and oxygen atoms in total. The van der Waals surface area contributed by atoms with Gasteiger partial charge in [0.25, 0.3) is 0 Å². The van der Waals surface area contributed by atoms with Gasteiger partial charge in [-0.3, -0.25) is 4.79 Å². The Hall–Kier alpha value is -0.530. The molecular formula is C12H24O2. The Bertz CT molecular complexity index is 152. The second-order valence-corrected chi connectivity index (χ2v) is 4.72. The molecule has 1 atom stereocenters. The number of hydrogen-bond acceptors (Lipinski definition) is 1. The Morgan fingerprint density at radius 2 is 1.64 bits per heavy atom. The van der Waals surface area contributed by atoms with Crippen LogP contribution in [0.25, 0.3) is 0 Å². The third-order valence-electron chi connectivity index (χ3n) is 2.58. The van der Waals surface area contributed by atoms with E-state index in [0.29, 0.717) is 12.3 Å². The fraction of sp³-hybridized carbons (Fsp3) is 0.917. The van der Waals surface area contributed by atoms with Crippen molar-refractivity contribution in [3.63, 3.8) is 0 Å². The van der Waals surface area contributed by atoms with Crippen LogP contribution in [0.5, 0.6) is 0 Å². The fourth-order valence-corrected chi connectivity index (χ4v) is 1.56. The van der Waals surface area contributed by atoms with E-state index in [-0.39, 0.29) is 0 Å². The van der Waals surface area contributed by atoms with E-state index in [1.807, 2.05) is 0 Å². The van der Waals surface area contributed by atoms with E-state index in [9.17, 15) is 4.79 Å². The molecule has 0 radical (unpaired) electrons. The van der Waals surface area contributed by atoms with Gasteiger partial charge in [0.15, 0.2) is 0 Å². The van der Waals surface area contributed by atoms with Gasteiger partial charge in [-0.05, 0) is 18.3 Å². The van der Waals surface area contributed by atoms with Crippen molar-refractivity contribution < 1.29 is 9.90 Å².